The zero-order valence-corrected chi connectivity index (χ0v) is 17.8. The third kappa shape index (κ3) is 4.19. The number of benzene rings is 2. The largest absolute Gasteiger partial charge is 2.00 e. The van der Waals surface area contributed by atoms with Gasteiger partial charge in [0.1, 0.15) is 0 Å². The smallest absolute Gasteiger partial charge is 0.779 e. The molecule has 0 fully saturated rings. The zero-order chi connectivity index (χ0) is 17.9. The maximum Gasteiger partial charge on any atom is 2.00 e. The molecule has 0 atom stereocenters. The van der Waals surface area contributed by atoms with Crippen molar-refractivity contribution in [1.82, 2.24) is 19.9 Å². The van der Waals surface area contributed by atoms with E-state index in [0.717, 1.165) is 32.3 Å². The molecule has 2 heterocycles. The van der Waals surface area contributed by atoms with Crippen LogP contribution in [-0.4, -0.2) is 19.9 Å². The molecular weight excluding hydrogens is 555 g/mol. The summed E-state index contributed by atoms with van der Waals surface area (Å²) >= 11 is 10.8. The van der Waals surface area contributed by atoms with Crippen LogP contribution in [0.25, 0.3) is 34.2 Å². The molecule has 0 bridgehead atoms. The summed E-state index contributed by atoms with van der Waals surface area (Å²) in [4.78, 5) is 19.3. The molecule has 0 amide bonds. The van der Waals surface area contributed by atoms with Gasteiger partial charge in [0.05, 0.1) is 11.4 Å². The Morgan fingerprint density at radius 1 is 0.556 bits per heavy atom. The normalized spacial score (nSPS) is 10.2. The first kappa shape index (κ1) is 19.5. The average Bonchev–Trinajstić information content (AvgIpc) is 2.69. The molecule has 0 unspecified atom stereocenters. The Bertz CT molecular complexity index is 1000. The number of hydrogen-bond acceptors (Lipinski definition) is 6. The average molecular weight is 568 g/mol. The molecule has 2 aromatic carbocycles. The Labute approximate surface area is 182 Å². The van der Waals surface area contributed by atoms with Crippen LogP contribution in [0.4, 0.5) is 0 Å². The SMILES string of the molecule is [Pt+2].[S-]c1ccccc1-c1ccnc(-c2nccc(-c3ccccc3[S-])n2)n1. The van der Waals surface area contributed by atoms with Crippen LogP contribution < -0.4 is 0 Å². The van der Waals surface area contributed by atoms with Crippen LogP contribution in [0.15, 0.2) is 82.8 Å². The monoisotopic (exact) mass is 567 g/mol. The van der Waals surface area contributed by atoms with E-state index < -0.39 is 0 Å². The van der Waals surface area contributed by atoms with Crippen molar-refractivity contribution in [3.8, 4) is 34.2 Å². The van der Waals surface area contributed by atoms with Crippen LogP contribution in [0.2, 0.25) is 0 Å². The van der Waals surface area contributed by atoms with E-state index in [9.17, 15) is 0 Å². The minimum Gasteiger partial charge on any atom is -0.779 e. The zero-order valence-electron chi connectivity index (χ0n) is 13.8. The number of nitrogens with zero attached hydrogens (tertiary/aromatic N) is 4. The number of aromatic nitrogens is 4. The Morgan fingerprint density at radius 3 is 1.37 bits per heavy atom. The van der Waals surface area contributed by atoms with Gasteiger partial charge >= 0.3 is 21.1 Å². The van der Waals surface area contributed by atoms with Gasteiger partial charge in [0.25, 0.3) is 0 Å². The minimum absolute atomic E-state index is 0. The second-order valence-corrected chi connectivity index (χ2v) is 6.40. The number of hydrogen-bond donors (Lipinski definition) is 0. The van der Waals surface area contributed by atoms with E-state index in [2.05, 4.69) is 19.9 Å². The van der Waals surface area contributed by atoms with Crippen LogP contribution in [0.1, 0.15) is 0 Å². The molecule has 0 N–H and O–H groups in total. The molecule has 4 rings (SSSR count). The first-order chi connectivity index (χ1) is 12.7. The van der Waals surface area contributed by atoms with Gasteiger partial charge in [-0.2, -0.15) is 9.79 Å². The Morgan fingerprint density at radius 2 is 0.963 bits per heavy atom. The van der Waals surface area contributed by atoms with Crippen LogP contribution >= 0.6 is 0 Å². The van der Waals surface area contributed by atoms with E-state index in [4.69, 9.17) is 25.3 Å². The molecule has 0 aliphatic rings. The Kier molecular flexibility index (Phi) is 6.22. The van der Waals surface area contributed by atoms with Gasteiger partial charge in [0, 0.05) is 12.4 Å². The van der Waals surface area contributed by atoms with E-state index in [0.29, 0.717) is 11.6 Å². The summed E-state index contributed by atoms with van der Waals surface area (Å²) in [5, 5.41) is 0. The second-order valence-electron chi connectivity index (χ2n) is 5.52. The topological polar surface area (TPSA) is 51.6 Å². The van der Waals surface area contributed by atoms with Crippen molar-refractivity contribution in [3.63, 3.8) is 0 Å². The van der Waals surface area contributed by atoms with Crippen LogP contribution in [0.5, 0.6) is 0 Å². The van der Waals surface area contributed by atoms with E-state index in [-0.39, 0.29) is 21.1 Å². The van der Waals surface area contributed by atoms with Crippen molar-refractivity contribution in [2.75, 3.05) is 0 Å². The van der Waals surface area contributed by atoms with Crippen LogP contribution in [-0.2, 0) is 46.3 Å². The van der Waals surface area contributed by atoms with E-state index in [1.807, 2.05) is 60.7 Å². The maximum atomic E-state index is 5.39. The fraction of sp³-hybridized carbons (Fsp3) is 0. The molecule has 0 spiro atoms. The summed E-state index contributed by atoms with van der Waals surface area (Å²) in [6.45, 7) is 0. The summed E-state index contributed by atoms with van der Waals surface area (Å²) in [5.41, 5.74) is 3.27. The molecule has 0 aliphatic heterocycles. The van der Waals surface area contributed by atoms with Gasteiger partial charge in [-0.1, -0.05) is 48.5 Å². The van der Waals surface area contributed by atoms with Crippen molar-refractivity contribution in [3.05, 3.63) is 73.1 Å². The van der Waals surface area contributed by atoms with Gasteiger partial charge in [-0.15, -0.1) is 0 Å². The van der Waals surface area contributed by atoms with E-state index in [1.54, 1.807) is 12.4 Å². The number of rotatable bonds is 3. The fourth-order valence-electron chi connectivity index (χ4n) is 2.59. The van der Waals surface area contributed by atoms with Crippen molar-refractivity contribution in [1.29, 1.82) is 0 Å². The van der Waals surface area contributed by atoms with Gasteiger partial charge in [-0.3, -0.25) is 0 Å². The van der Waals surface area contributed by atoms with Gasteiger partial charge < -0.3 is 25.3 Å². The standard InChI is InChI=1S/C20H14N4S2.Pt/c25-17-7-3-1-5-13(17)15-9-11-21-19(23-15)20-22-12-10-16(24-20)14-6-2-4-8-18(14)26;/h1-12,25-26H;/q;+2/p-2. The van der Waals surface area contributed by atoms with E-state index >= 15 is 0 Å². The third-order valence-corrected chi connectivity index (χ3v) is 4.55. The third-order valence-electron chi connectivity index (χ3n) is 3.84. The summed E-state index contributed by atoms with van der Waals surface area (Å²) < 4.78 is 0. The molecule has 27 heavy (non-hydrogen) atoms. The van der Waals surface area contributed by atoms with Gasteiger partial charge in [-0.05, 0) is 23.3 Å². The molecule has 0 saturated carbocycles. The molecule has 7 heteroatoms. The molecule has 134 valence electrons. The van der Waals surface area contributed by atoms with Crippen molar-refractivity contribution in [2.45, 2.75) is 9.79 Å². The summed E-state index contributed by atoms with van der Waals surface area (Å²) in [7, 11) is 0. The van der Waals surface area contributed by atoms with Crippen LogP contribution in [0, 0.1) is 0 Å². The molecule has 0 radical (unpaired) electrons. The molecule has 0 aliphatic carbocycles. The fourth-order valence-corrected chi connectivity index (χ4v) is 3.09. The summed E-state index contributed by atoms with van der Waals surface area (Å²) in [6.07, 6.45) is 3.38. The first-order valence-electron chi connectivity index (χ1n) is 7.92. The molecule has 2 aromatic heterocycles. The first-order valence-corrected chi connectivity index (χ1v) is 8.73. The molecular formula is C20H12N4PtS2. The van der Waals surface area contributed by atoms with Crippen LogP contribution in [0.3, 0.4) is 0 Å². The van der Waals surface area contributed by atoms with Crippen molar-refractivity contribution >= 4 is 25.3 Å². The summed E-state index contributed by atoms with van der Waals surface area (Å²) in [6, 6.07) is 19.0. The van der Waals surface area contributed by atoms with Gasteiger partial charge in [0.2, 0.25) is 0 Å². The van der Waals surface area contributed by atoms with Gasteiger partial charge in [-0.25, -0.2) is 19.9 Å². The quantitative estimate of drug-likeness (QED) is 0.348. The predicted molar refractivity (Wildman–Crippen MR) is 105 cm³/mol. The molecule has 0 saturated heterocycles. The second kappa shape index (κ2) is 8.61. The summed E-state index contributed by atoms with van der Waals surface area (Å²) in [5.74, 6) is 0.897. The Balaban J connectivity index is 0.00000210. The molecule has 4 nitrogen and oxygen atoms in total. The van der Waals surface area contributed by atoms with Gasteiger partial charge in [0.15, 0.2) is 11.6 Å². The maximum absolute atomic E-state index is 5.39. The molecule has 4 aromatic rings. The Hall–Kier alpha value is -2.27. The predicted octanol–water partition coefficient (Wildman–Crippen LogP) is 4.08. The van der Waals surface area contributed by atoms with E-state index in [1.165, 1.54) is 0 Å². The van der Waals surface area contributed by atoms with Crippen molar-refractivity contribution < 1.29 is 21.1 Å². The van der Waals surface area contributed by atoms with Crippen molar-refractivity contribution in [2.24, 2.45) is 0 Å². The minimum atomic E-state index is 0.